The normalized spacial score (nSPS) is 31.0. The van der Waals surface area contributed by atoms with E-state index in [0.29, 0.717) is 36.7 Å². The highest BCUT2D eigenvalue weighted by Crippen LogP contribution is 2.84. The number of likely N-dealkylation sites (tertiary alicyclic amines) is 1. The van der Waals surface area contributed by atoms with Crippen molar-refractivity contribution in [1.82, 2.24) is 19.6 Å². The molecule has 2 aromatic rings. The molecule has 33 heavy (non-hydrogen) atoms. The molecular formula is C26H37N5O2. The molecule has 3 N–H and O–H groups in total. The topological polar surface area (TPSA) is 92.7 Å². The number of nitrogens with one attached hydrogen (secondary N) is 1. The summed E-state index contributed by atoms with van der Waals surface area (Å²) in [6, 6.07) is 5.28. The number of rotatable bonds is 3. The smallest absolute Gasteiger partial charge is 0.274 e. The zero-order valence-corrected chi connectivity index (χ0v) is 20.1. The van der Waals surface area contributed by atoms with Crippen LogP contribution in [0.3, 0.4) is 0 Å². The first-order valence-electron chi connectivity index (χ1n) is 12.6. The van der Waals surface area contributed by atoms with Gasteiger partial charge in [0.15, 0.2) is 0 Å². The molecule has 4 unspecified atom stereocenters. The van der Waals surface area contributed by atoms with E-state index >= 15 is 0 Å². The number of aromatic nitrogens is 2. The van der Waals surface area contributed by atoms with Crippen molar-refractivity contribution in [3.05, 3.63) is 35.8 Å². The van der Waals surface area contributed by atoms with Gasteiger partial charge in [0.1, 0.15) is 17.0 Å². The van der Waals surface area contributed by atoms with Gasteiger partial charge in [0.25, 0.3) is 11.8 Å². The van der Waals surface area contributed by atoms with Gasteiger partial charge in [0.2, 0.25) is 0 Å². The van der Waals surface area contributed by atoms with E-state index in [2.05, 4.69) is 24.1 Å². The average Bonchev–Trinajstić information content (AvgIpc) is 3.08. The number of hydrogen-bond acceptors (Lipinski definition) is 4. The Morgan fingerprint density at radius 1 is 1.21 bits per heavy atom. The molecule has 0 radical (unpaired) electrons. The second-order valence-corrected chi connectivity index (χ2v) is 11.0. The maximum absolute atomic E-state index is 12.6. The number of carbonyl (C=O) groups is 2. The molecule has 4 aliphatic rings. The lowest BCUT2D eigenvalue weighted by Gasteiger charge is -2.47. The van der Waals surface area contributed by atoms with Crippen molar-refractivity contribution in [1.29, 1.82) is 0 Å². The van der Waals surface area contributed by atoms with Crippen molar-refractivity contribution in [2.75, 3.05) is 19.6 Å². The van der Waals surface area contributed by atoms with E-state index in [1.165, 1.54) is 6.42 Å². The van der Waals surface area contributed by atoms with Crippen molar-refractivity contribution in [3.8, 4) is 0 Å². The fraction of sp³-hybridized carbons (Fsp3) is 0.654. The van der Waals surface area contributed by atoms with Gasteiger partial charge in [-0.25, -0.2) is 4.98 Å². The van der Waals surface area contributed by atoms with E-state index in [1.54, 1.807) is 53.0 Å². The van der Waals surface area contributed by atoms with Gasteiger partial charge in [0.05, 0.1) is 0 Å². The van der Waals surface area contributed by atoms with Crippen molar-refractivity contribution in [2.45, 2.75) is 65.3 Å². The third kappa shape index (κ3) is 3.65. The molecule has 4 fully saturated rings. The first kappa shape index (κ1) is 22.4. The van der Waals surface area contributed by atoms with Gasteiger partial charge in [-0.05, 0) is 73.8 Å². The highest BCUT2D eigenvalue weighted by molar-refractivity contribution is 5.95. The summed E-state index contributed by atoms with van der Waals surface area (Å²) >= 11 is 0. The Hall–Kier alpha value is -2.41. The molecule has 7 nitrogen and oxygen atoms in total. The fourth-order valence-electron chi connectivity index (χ4n) is 7.25. The van der Waals surface area contributed by atoms with Crippen LogP contribution in [0.4, 0.5) is 0 Å². The summed E-state index contributed by atoms with van der Waals surface area (Å²) in [7, 11) is 0. The van der Waals surface area contributed by atoms with Gasteiger partial charge in [-0.2, -0.15) is 0 Å². The number of piperidine rings is 1. The molecule has 3 saturated carbocycles. The Bertz CT molecular complexity index is 1070. The van der Waals surface area contributed by atoms with Crippen molar-refractivity contribution >= 4 is 17.5 Å². The van der Waals surface area contributed by atoms with E-state index in [0.717, 1.165) is 35.5 Å². The average molecular weight is 452 g/mol. The van der Waals surface area contributed by atoms with Gasteiger partial charge < -0.3 is 16.0 Å². The predicted octanol–water partition coefficient (Wildman–Crippen LogP) is 3.48. The third-order valence-electron chi connectivity index (χ3n) is 8.77. The summed E-state index contributed by atoms with van der Waals surface area (Å²) in [6.45, 7) is 8.62. The lowest BCUT2D eigenvalue weighted by atomic mass is 9.57. The third-order valence-corrected chi connectivity index (χ3v) is 8.77. The lowest BCUT2D eigenvalue weighted by molar-refractivity contribution is 0.00374. The largest absolute Gasteiger partial charge is 0.351 e. The fourth-order valence-corrected chi connectivity index (χ4v) is 7.25. The van der Waals surface area contributed by atoms with Crippen LogP contribution in [0.2, 0.25) is 0 Å². The molecule has 3 aliphatic carbocycles. The van der Waals surface area contributed by atoms with E-state index in [9.17, 15) is 9.59 Å². The van der Waals surface area contributed by atoms with Crippen LogP contribution >= 0.6 is 0 Å². The summed E-state index contributed by atoms with van der Waals surface area (Å²) in [4.78, 5) is 30.8. The van der Waals surface area contributed by atoms with Crippen LogP contribution in [0.1, 0.15) is 80.3 Å². The zero-order valence-electron chi connectivity index (χ0n) is 20.1. The minimum Gasteiger partial charge on any atom is -0.351 e. The molecule has 178 valence electrons. The van der Waals surface area contributed by atoms with Gasteiger partial charge in [-0.15, -0.1) is 0 Å². The van der Waals surface area contributed by atoms with Crippen LogP contribution in [0, 0.1) is 22.7 Å². The van der Waals surface area contributed by atoms with Crippen molar-refractivity contribution < 1.29 is 9.59 Å². The second-order valence-electron chi connectivity index (χ2n) is 11.0. The minimum absolute atomic E-state index is 0.0237. The van der Waals surface area contributed by atoms with E-state index < -0.39 is 0 Å². The van der Waals surface area contributed by atoms with Crippen molar-refractivity contribution in [3.63, 3.8) is 0 Å². The SMILES string of the molecule is CC1(C)C2CCCC23CC13.CCNC(=O)c1cccc2nc(C(=O)N3CCCC(N)C3)cn12. The van der Waals surface area contributed by atoms with Crippen LogP contribution in [0.15, 0.2) is 24.4 Å². The molecule has 6 rings (SSSR count). The maximum Gasteiger partial charge on any atom is 0.274 e. The summed E-state index contributed by atoms with van der Waals surface area (Å²) in [5.74, 6) is 1.96. The van der Waals surface area contributed by atoms with Crippen LogP contribution in [-0.2, 0) is 0 Å². The number of nitrogens with two attached hydrogens (primary N) is 1. The number of imidazole rings is 1. The Labute approximate surface area is 196 Å². The number of fused-ring (bicyclic) bond motifs is 1. The number of nitrogens with zero attached hydrogens (tertiary/aromatic N) is 3. The second kappa shape index (κ2) is 8.12. The molecule has 2 aromatic heterocycles. The molecular weight excluding hydrogens is 414 g/mol. The molecule has 1 aliphatic heterocycles. The molecule has 1 spiro atoms. The quantitative estimate of drug-likeness (QED) is 0.747. The summed E-state index contributed by atoms with van der Waals surface area (Å²) in [6.07, 6.45) is 9.72. The predicted molar refractivity (Wildman–Crippen MR) is 128 cm³/mol. The highest BCUT2D eigenvalue weighted by Gasteiger charge is 2.77. The van der Waals surface area contributed by atoms with Gasteiger partial charge in [0, 0.05) is 31.9 Å². The number of hydrogen-bond donors (Lipinski definition) is 2. The molecule has 1 saturated heterocycles. The number of amides is 2. The van der Waals surface area contributed by atoms with Crippen molar-refractivity contribution in [2.24, 2.45) is 28.4 Å². The Kier molecular flexibility index (Phi) is 5.51. The van der Waals surface area contributed by atoms with Gasteiger partial charge >= 0.3 is 0 Å². The first-order chi connectivity index (χ1) is 15.8. The van der Waals surface area contributed by atoms with Gasteiger partial charge in [-0.1, -0.05) is 26.3 Å². The van der Waals surface area contributed by atoms with E-state index in [-0.39, 0.29) is 17.9 Å². The summed E-state index contributed by atoms with van der Waals surface area (Å²) < 4.78 is 1.65. The first-order valence-corrected chi connectivity index (χ1v) is 12.6. The van der Waals surface area contributed by atoms with Gasteiger partial charge in [-0.3, -0.25) is 14.0 Å². The molecule has 3 heterocycles. The monoisotopic (exact) mass is 451 g/mol. The van der Waals surface area contributed by atoms with Crippen LogP contribution < -0.4 is 11.1 Å². The molecule has 0 aromatic carbocycles. The number of pyridine rings is 1. The molecule has 2 amide bonds. The maximum atomic E-state index is 12.6. The number of carbonyl (C=O) groups excluding carboxylic acids is 2. The van der Waals surface area contributed by atoms with Crippen LogP contribution in [-0.4, -0.2) is 51.8 Å². The summed E-state index contributed by atoms with van der Waals surface area (Å²) in [5.41, 5.74) is 9.01. The molecule has 4 atom stereocenters. The summed E-state index contributed by atoms with van der Waals surface area (Å²) in [5, 5.41) is 2.76. The molecule has 0 bridgehead atoms. The standard InChI is InChI=1S/C16H21N5O2.C10H16/c1-2-18-15(22)13-6-3-7-14-19-12(10-21(13)14)16(23)20-8-4-5-11(17)9-20;1-9(2)7-4-3-5-10(7)6-8(9)10/h3,6-7,10-11H,2,4-5,8-9,17H2,1H3,(H,18,22);7-8H,3-6H2,1-2H3. The lowest BCUT2D eigenvalue weighted by Crippen LogP contribution is -2.45. The van der Waals surface area contributed by atoms with E-state index in [4.69, 9.17) is 5.73 Å². The highest BCUT2D eigenvalue weighted by atomic mass is 16.2. The minimum atomic E-state index is -0.186. The van der Waals surface area contributed by atoms with Crippen LogP contribution in [0.5, 0.6) is 0 Å². The Morgan fingerprint density at radius 3 is 2.73 bits per heavy atom. The Balaban J connectivity index is 0.000000186. The zero-order chi connectivity index (χ0) is 23.4. The van der Waals surface area contributed by atoms with Crippen LogP contribution in [0.25, 0.3) is 5.65 Å². The Morgan fingerprint density at radius 2 is 2.03 bits per heavy atom. The molecule has 7 heteroatoms. The van der Waals surface area contributed by atoms with E-state index in [1.807, 2.05) is 6.92 Å².